The highest BCUT2D eigenvalue weighted by molar-refractivity contribution is 5.99. The number of hydrogen-bond donors (Lipinski definition) is 1. The SMILES string of the molecule is CN(CC(=O)O)C1CCCN(C2CCN(c3c(F)cccc3F)C2=O)CC1.Cl. The molecule has 1 N–H and O–H groups in total. The van der Waals surface area contributed by atoms with E-state index in [4.69, 9.17) is 5.11 Å². The molecular formula is C19H26ClF2N3O3. The van der Waals surface area contributed by atoms with Crippen LogP contribution in [-0.2, 0) is 9.59 Å². The molecule has 2 aliphatic heterocycles. The second-order valence-corrected chi connectivity index (χ2v) is 7.29. The predicted octanol–water partition coefficient (Wildman–Crippen LogP) is 2.36. The van der Waals surface area contributed by atoms with Crippen LogP contribution in [0, 0.1) is 11.6 Å². The van der Waals surface area contributed by atoms with Gasteiger partial charge in [0.15, 0.2) is 0 Å². The van der Waals surface area contributed by atoms with Gasteiger partial charge in [0, 0.05) is 19.1 Å². The molecule has 2 atom stereocenters. The van der Waals surface area contributed by atoms with E-state index < -0.39 is 17.6 Å². The fraction of sp³-hybridized carbons (Fsp3) is 0.579. The molecule has 3 rings (SSSR count). The average molecular weight is 418 g/mol. The number of anilines is 1. The van der Waals surface area contributed by atoms with Crippen LogP contribution in [0.5, 0.6) is 0 Å². The predicted molar refractivity (Wildman–Crippen MR) is 104 cm³/mol. The topological polar surface area (TPSA) is 64.1 Å². The fourth-order valence-corrected chi connectivity index (χ4v) is 4.17. The minimum Gasteiger partial charge on any atom is -0.480 e. The van der Waals surface area contributed by atoms with E-state index in [1.54, 1.807) is 7.05 Å². The first-order valence-electron chi connectivity index (χ1n) is 9.30. The molecule has 1 amide bonds. The molecule has 2 unspecified atom stereocenters. The van der Waals surface area contributed by atoms with Crippen LogP contribution in [0.4, 0.5) is 14.5 Å². The van der Waals surface area contributed by atoms with Crippen LogP contribution in [0.1, 0.15) is 25.7 Å². The van der Waals surface area contributed by atoms with Gasteiger partial charge in [-0.05, 0) is 51.4 Å². The molecule has 9 heteroatoms. The fourth-order valence-electron chi connectivity index (χ4n) is 4.17. The summed E-state index contributed by atoms with van der Waals surface area (Å²) in [6.07, 6.45) is 3.02. The van der Waals surface area contributed by atoms with Crippen molar-refractivity contribution >= 4 is 30.0 Å². The second-order valence-electron chi connectivity index (χ2n) is 7.29. The quantitative estimate of drug-likeness (QED) is 0.796. The molecule has 1 aromatic carbocycles. The van der Waals surface area contributed by atoms with Gasteiger partial charge in [-0.25, -0.2) is 8.78 Å². The Balaban J connectivity index is 0.00000280. The molecule has 2 heterocycles. The Morgan fingerprint density at radius 1 is 1.18 bits per heavy atom. The molecule has 6 nitrogen and oxygen atoms in total. The molecule has 28 heavy (non-hydrogen) atoms. The van der Waals surface area contributed by atoms with Crippen LogP contribution in [0.25, 0.3) is 0 Å². The highest BCUT2D eigenvalue weighted by atomic mass is 35.5. The van der Waals surface area contributed by atoms with Crippen molar-refractivity contribution in [3.05, 3.63) is 29.8 Å². The van der Waals surface area contributed by atoms with Crippen LogP contribution in [-0.4, -0.2) is 72.1 Å². The maximum atomic E-state index is 14.1. The van der Waals surface area contributed by atoms with Crippen molar-refractivity contribution in [1.29, 1.82) is 0 Å². The Morgan fingerprint density at radius 2 is 1.86 bits per heavy atom. The zero-order valence-electron chi connectivity index (χ0n) is 15.8. The zero-order valence-corrected chi connectivity index (χ0v) is 16.6. The number of benzene rings is 1. The molecule has 0 saturated carbocycles. The van der Waals surface area contributed by atoms with Gasteiger partial charge < -0.3 is 10.0 Å². The van der Waals surface area contributed by atoms with Crippen molar-refractivity contribution in [1.82, 2.24) is 9.80 Å². The van der Waals surface area contributed by atoms with Gasteiger partial charge in [0.05, 0.1) is 12.6 Å². The number of carbonyl (C=O) groups excluding carboxylic acids is 1. The second kappa shape index (κ2) is 9.62. The maximum Gasteiger partial charge on any atom is 0.317 e. The van der Waals surface area contributed by atoms with Crippen LogP contribution in [0.15, 0.2) is 18.2 Å². The number of nitrogens with zero attached hydrogens (tertiary/aromatic N) is 3. The monoisotopic (exact) mass is 417 g/mol. The highest BCUT2D eigenvalue weighted by Gasteiger charge is 2.39. The minimum absolute atomic E-state index is 0. The van der Waals surface area contributed by atoms with E-state index in [0.29, 0.717) is 19.5 Å². The van der Waals surface area contributed by atoms with Crippen LogP contribution in [0.2, 0.25) is 0 Å². The molecular weight excluding hydrogens is 392 g/mol. The molecule has 0 spiro atoms. The summed E-state index contributed by atoms with van der Waals surface area (Å²) in [6, 6.07) is 3.38. The Kier molecular flexibility index (Phi) is 7.74. The first-order chi connectivity index (χ1) is 12.9. The summed E-state index contributed by atoms with van der Waals surface area (Å²) >= 11 is 0. The Labute approximate surface area is 169 Å². The van der Waals surface area contributed by atoms with Crippen LogP contribution in [0.3, 0.4) is 0 Å². The standard InChI is InChI=1S/C19H25F2N3O3.ClH/c1-22(12-17(25)26)13-4-3-9-23(10-7-13)16-8-11-24(19(16)27)18-14(20)5-2-6-15(18)21;/h2,5-6,13,16H,3-4,7-12H2,1H3,(H,25,26);1H. The largest absolute Gasteiger partial charge is 0.480 e. The third kappa shape index (κ3) is 4.79. The van der Waals surface area contributed by atoms with E-state index in [2.05, 4.69) is 4.90 Å². The number of likely N-dealkylation sites (N-methyl/N-ethyl adjacent to an activating group) is 1. The van der Waals surface area contributed by atoms with Crippen LogP contribution < -0.4 is 4.90 Å². The third-order valence-electron chi connectivity index (χ3n) is 5.57. The number of rotatable bonds is 5. The Morgan fingerprint density at radius 3 is 2.50 bits per heavy atom. The minimum atomic E-state index is -0.855. The van der Waals surface area contributed by atoms with Gasteiger partial charge in [0.2, 0.25) is 5.91 Å². The molecule has 2 fully saturated rings. The third-order valence-corrected chi connectivity index (χ3v) is 5.57. The molecule has 156 valence electrons. The molecule has 2 aliphatic rings. The molecule has 1 aromatic rings. The van der Waals surface area contributed by atoms with Crippen molar-refractivity contribution in [3.8, 4) is 0 Å². The lowest BCUT2D eigenvalue weighted by Gasteiger charge is -2.28. The lowest BCUT2D eigenvalue weighted by molar-refractivity contribution is -0.138. The van der Waals surface area contributed by atoms with Crippen LogP contribution >= 0.6 is 12.4 Å². The van der Waals surface area contributed by atoms with E-state index in [1.807, 2.05) is 4.90 Å². The summed E-state index contributed by atoms with van der Waals surface area (Å²) in [5, 5.41) is 8.96. The normalized spacial score (nSPS) is 23.6. The highest BCUT2D eigenvalue weighted by Crippen LogP contribution is 2.30. The van der Waals surface area contributed by atoms with Gasteiger partial charge in [0.1, 0.15) is 17.3 Å². The summed E-state index contributed by atoms with van der Waals surface area (Å²) in [5.41, 5.74) is -0.265. The molecule has 0 radical (unpaired) electrons. The number of hydrogen-bond acceptors (Lipinski definition) is 4. The number of halogens is 3. The first kappa shape index (κ1) is 22.5. The summed E-state index contributed by atoms with van der Waals surface area (Å²) in [7, 11) is 1.80. The summed E-state index contributed by atoms with van der Waals surface area (Å²) < 4.78 is 28.1. The van der Waals surface area contributed by atoms with Gasteiger partial charge in [-0.3, -0.25) is 19.4 Å². The Bertz CT molecular complexity index is 701. The van der Waals surface area contributed by atoms with Gasteiger partial charge >= 0.3 is 5.97 Å². The summed E-state index contributed by atoms with van der Waals surface area (Å²) in [4.78, 5) is 28.9. The molecule has 2 saturated heterocycles. The van der Waals surface area contributed by atoms with Crippen molar-refractivity contribution < 1.29 is 23.5 Å². The average Bonchev–Trinajstić information content (AvgIpc) is 2.82. The van der Waals surface area contributed by atoms with Gasteiger partial charge in [-0.1, -0.05) is 6.07 Å². The zero-order chi connectivity index (χ0) is 19.6. The summed E-state index contributed by atoms with van der Waals surface area (Å²) in [6.45, 7) is 1.67. The molecule has 0 aromatic heterocycles. The Hall–Kier alpha value is -1.77. The van der Waals surface area contributed by atoms with E-state index >= 15 is 0 Å². The lowest BCUT2D eigenvalue weighted by atomic mass is 10.1. The number of para-hydroxylation sites is 1. The number of carboxylic acids is 1. The number of carbonyl (C=O) groups is 2. The van der Waals surface area contributed by atoms with Crippen molar-refractivity contribution in [2.75, 3.05) is 38.1 Å². The van der Waals surface area contributed by atoms with E-state index in [0.717, 1.165) is 37.9 Å². The number of amides is 1. The van der Waals surface area contributed by atoms with Gasteiger partial charge in [-0.15, -0.1) is 12.4 Å². The smallest absolute Gasteiger partial charge is 0.317 e. The van der Waals surface area contributed by atoms with Crippen molar-refractivity contribution in [3.63, 3.8) is 0 Å². The van der Waals surface area contributed by atoms with Crippen molar-refractivity contribution in [2.45, 2.75) is 37.8 Å². The van der Waals surface area contributed by atoms with Gasteiger partial charge in [0.25, 0.3) is 0 Å². The maximum absolute atomic E-state index is 14.1. The van der Waals surface area contributed by atoms with Gasteiger partial charge in [-0.2, -0.15) is 0 Å². The summed E-state index contributed by atoms with van der Waals surface area (Å²) in [5.74, 6) is -2.58. The van der Waals surface area contributed by atoms with E-state index in [9.17, 15) is 18.4 Å². The first-order valence-corrected chi connectivity index (χ1v) is 9.30. The number of aliphatic carboxylic acids is 1. The van der Waals surface area contributed by atoms with E-state index in [1.165, 1.54) is 11.0 Å². The number of carboxylic acid groups (broad SMARTS) is 1. The molecule has 0 aliphatic carbocycles. The van der Waals surface area contributed by atoms with E-state index in [-0.39, 0.29) is 42.6 Å². The van der Waals surface area contributed by atoms with Crippen molar-refractivity contribution in [2.24, 2.45) is 0 Å². The molecule has 0 bridgehead atoms. The lowest BCUT2D eigenvalue weighted by Crippen LogP contribution is -2.43. The number of likely N-dealkylation sites (tertiary alicyclic amines) is 1.